The second-order valence-corrected chi connectivity index (χ2v) is 8.93. The summed E-state index contributed by atoms with van der Waals surface area (Å²) in [5.74, 6) is 0. The molecule has 0 spiro atoms. The molecule has 0 amide bonds. The number of nitrogens with zero attached hydrogens (tertiary/aromatic N) is 4. The van der Waals surface area contributed by atoms with Crippen molar-refractivity contribution in [2.24, 2.45) is 0 Å². The van der Waals surface area contributed by atoms with Gasteiger partial charge in [-0.1, -0.05) is 24.3 Å². The summed E-state index contributed by atoms with van der Waals surface area (Å²) in [6.07, 6.45) is 4.65. The van der Waals surface area contributed by atoms with Crippen LogP contribution < -0.4 is 10.6 Å². The first-order chi connectivity index (χ1) is 17.6. The third-order valence-electron chi connectivity index (χ3n) is 6.30. The number of pyridine rings is 1. The lowest BCUT2D eigenvalue weighted by Crippen LogP contribution is -2.32. The molecule has 182 valence electrons. The maximum atomic E-state index is 11.1. The zero-order chi connectivity index (χ0) is 24.9. The third kappa shape index (κ3) is 4.92. The van der Waals surface area contributed by atoms with Crippen molar-refractivity contribution >= 4 is 28.7 Å². The molecule has 0 bridgehead atoms. The van der Waals surface area contributed by atoms with E-state index >= 15 is 0 Å². The van der Waals surface area contributed by atoms with Crippen LogP contribution in [0, 0.1) is 10.1 Å². The first kappa shape index (κ1) is 23.5. The fraction of sp³-hybridized carbons (Fsp3) is 0.185. The van der Waals surface area contributed by atoms with Crippen LogP contribution in [-0.4, -0.2) is 37.6 Å². The lowest BCUT2D eigenvalue weighted by atomic mass is 10.0. The Morgan fingerprint density at radius 1 is 1.00 bits per heavy atom. The molecule has 4 aromatic rings. The fourth-order valence-corrected chi connectivity index (χ4v) is 4.94. The zero-order valence-corrected chi connectivity index (χ0v) is 20.3. The Balaban J connectivity index is 1.42. The average molecular weight is 499 g/mol. The Morgan fingerprint density at radius 3 is 2.50 bits per heavy atom. The topological polar surface area (TPSA) is 88.3 Å². The maximum Gasteiger partial charge on any atom is 0.269 e. The van der Waals surface area contributed by atoms with E-state index in [0.717, 1.165) is 42.3 Å². The molecule has 2 aromatic carbocycles. The Hall–Kier alpha value is -4.24. The summed E-state index contributed by atoms with van der Waals surface area (Å²) in [6, 6.07) is 26.5. The highest BCUT2D eigenvalue weighted by molar-refractivity contribution is 7.80. The number of thiocarbonyl (C=S) groups is 1. The number of rotatable bonds is 9. The van der Waals surface area contributed by atoms with Crippen molar-refractivity contribution in [2.45, 2.75) is 18.5 Å². The minimum absolute atomic E-state index is 0.0649. The van der Waals surface area contributed by atoms with E-state index in [9.17, 15) is 10.1 Å². The first-order valence-corrected chi connectivity index (χ1v) is 12.2. The molecule has 3 heterocycles. The number of benzene rings is 2. The molecule has 1 aliphatic heterocycles. The van der Waals surface area contributed by atoms with Crippen LogP contribution >= 0.6 is 12.2 Å². The molecule has 0 unspecified atom stereocenters. The van der Waals surface area contributed by atoms with Gasteiger partial charge in [0.05, 0.1) is 22.7 Å². The van der Waals surface area contributed by atoms with Gasteiger partial charge in [-0.05, 0) is 67.2 Å². The highest BCUT2D eigenvalue weighted by atomic mass is 32.1. The molecule has 5 rings (SSSR count). The van der Waals surface area contributed by atoms with E-state index in [2.05, 4.69) is 43.3 Å². The minimum Gasteiger partial charge on any atom is -0.385 e. The molecule has 0 radical (unpaired) electrons. The van der Waals surface area contributed by atoms with Crippen molar-refractivity contribution in [1.82, 2.24) is 19.8 Å². The second-order valence-electron chi connectivity index (χ2n) is 8.54. The predicted octanol–water partition coefficient (Wildman–Crippen LogP) is 5.26. The van der Waals surface area contributed by atoms with Crippen molar-refractivity contribution in [3.05, 3.63) is 119 Å². The summed E-state index contributed by atoms with van der Waals surface area (Å²) in [6.45, 7) is 1.57. The number of nitro benzene ring substituents is 1. The number of anilines is 1. The molecule has 36 heavy (non-hydrogen) atoms. The van der Waals surface area contributed by atoms with E-state index in [-0.39, 0.29) is 22.7 Å². The van der Waals surface area contributed by atoms with E-state index < -0.39 is 0 Å². The van der Waals surface area contributed by atoms with Crippen LogP contribution in [0.3, 0.4) is 0 Å². The van der Waals surface area contributed by atoms with E-state index in [0.29, 0.717) is 5.11 Å². The summed E-state index contributed by atoms with van der Waals surface area (Å²) in [5.41, 5.74) is 3.95. The van der Waals surface area contributed by atoms with Crippen molar-refractivity contribution < 1.29 is 4.92 Å². The normalized spacial score (nSPS) is 17.1. The largest absolute Gasteiger partial charge is 0.385 e. The molecule has 1 aliphatic rings. The van der Waals surface area contributed by atoms with E-state index in [1.54, 1.807) is 18.3 Å². The summed E-state index contributed by atoms with van der Waals surface area (Å²) >= 11 is 5.80. The highest BCUT2D eigenvalue weighted by Gasteiger charge is 2.40. The summed E-state index contributed by atoms with van der Waals surface area (Å²) < 4.78 is 2.06. The monoisotopic (exact) mass is 498 g/mol. The van der Waals surface area contributed by atoms with Crippen molar-refractivity contribution in [3.63, 3.8) is 0 Å². The van der Waals surface area contributed by atoms with E-state index in [4.69, 9.17) is 12.2 Å². The van der Waals surface area contributed by atoms with Crippen LogP contribution in [0.15, 0.2) is 97.3 Å². The van der Waals surface area contributed by atoms with Crippen LogP contribution in [0.4, 0.5) is 11.4 Å². The number of aromatic nitrogens is 2. The smallest absolute Gasteiger partial charge is 0.269 e. The molecule has 2 aromatic heterocycles. The summed E-state index contributed by atoms with van der Waals surface area (Å²) in [4.78, 5) is 17.6. The number of non-ortho nitro benzene ring substituents is 1. The Morgan fingerprint density at radius 2 is 1.78 bits per heavy atom. The van der Waals surface area contributed by atoms with E-state index in [1.807, 2.05) is 48.7 Å². The number of hydrogen-bond donors (Lipinski definition) is 2. The van der Waals surface area contributed by atoms with Crippen molar-refractivity contribution in [1.29, 1.82) is 0 Å². The summed E-state index contributed by atoms with van der Waals surface area (Å²) in [5, 5.41) is 18.8. The van der Waals surface area contributed by atoms with Gasteiger partial charge in [0.1, 0.15) is 0 Å². The number of para-hydroxylation sites is 1. The highest BCUT2D eigenvalue weighted by Crippen LogP contribution is 2.39. The van der Waals surface area contributed by atoms with Gasteiger partial charge in [-0.3, -0.25) is 15.1 Å². The van der Waals surface area contributed by atoms with Gasteiger partial charge in [-0.25, -0.2) is 0 Å². The lowest BCUT2D eigenvalue weighted by molar-refractivity contribution is -0.384. The first-order valence-electron chi connectivity index (χ1n) is 11.8. The Bertz CT molecular complexity index is 1330. The zero-order valence-electron chi connectivity index (χ0n) is 19.5. The molecule has 1 saturated heterocycles. The predicted molar refractivity (Wildman–Crippen MR) is 144 cm³/mol. The number of nitrogens with one attached hydrogen (secondary N) is 2. The van der Waals surface area contributed by atoms with Crippen molar-refractivity contribution in [2.75, 3.05) is 18.4 Å². The average Bonchev–Trinajstić information content (AvgIpc) is 3.52. The second kappa shape index (κ2) is 10.6. The number of hydrogen-bond acceptors (Lipinski definition) is 5. The fourth-order valence-electron chi connectivity index (χ4n) is 4.61. The molecule has 0 saturated carbocycles. The van der Waals surface area contributed by atoms with Gasteiger partial charge in [0, 0.05) is 54.7 Å². The third-order valence-corrected chi connectivity index (χ3v) is 6.65. The van der Waals surface area contributed by atoms with Crippen LogP contribution in [0.25, 0.3) is 5.69 Å². The van der Waals surface area contributed by atoms with Crippen LogP contribution in [0.5, 0.6) is 0 Å². The van der Waals surface area contributed by atoms with Gasteiger partial charge >= 0.3 is 0 Å². The van der Waals surface area contributed by atoms with Gasteiger partial charge in [-0.15, -0.1) is 0 Å². The molecule has 8 nitrogen and oxygen atoms in total. The Labute approximate surface area is 214 Å². The van der Waals surface area contributed by atoms with Gasteiger partial charge in [0.25, 0.3) is 5.69 Å². The Kier molecular flexibility index (Phi) is 6.90. The van der Waals surface area contributed by atoms with Gasteiger partial charge in [0.2, 0.25) is 0 Å². The molecular weight excluding hydrogens is 472 g/mol. The maximum absolute atomic E-state index is 11.1. The van der Waals surface area contributed by atoms with Crippen LogP contribution in [0.1, 0.15) is 29.9 Å². The molecule has 9 heteroatoms. The van der Waals surface area contributed by atoms with Crippen LogP contribution in [0.2, 0.25) is 0 Å². The quantitative estimate of drug-likeness (QED) is 0.141. The van der Waals surface area contributed by atoms with Gasteiger partial charge in [-0.2, -0.15) is 0 Å². The molecule has 2 atom stereocenters. The molecule has 2 N–H and O–H groups in total. The standard InChI is InChI=1S/C27H26N6O2S/c34-33(35)22-14-12-21(13-15-22)31-18-6-11-24(31)26-25(23-10-4-5-16-29-23)30-27(36)32(26)19-7-17-28-20-8-2-1-3-9-20/h1-6,8-16,18,25-26,28H,7,17,19H2,(H,30,36)/t25-,26+/m1/s1. The summed E-state index contributed by atoms with van der Waals surface area (Å²) in [7, 11) is 0. The SMILES string of the molecule is O=[N+]([O-])c1ccc(-n2cccc2[C@H]2[C@@H](c3ccccn3)NC(=S)N2CCCNc2ccccc2)cc1. The molecular formula is C27H26N6O2S. The van der Waals surface area contributed by atoms with E-state index in [1.165, 1.54) is 12.1 Å². The van der Waals surface area contributed by atoms with Gasteiger partial charge < -0.3 is 20.1 Å². The number of nitro groups is 1. The minimum atomic E-state index is -0.387. The molecule has 1 fully saturated rings. The lowest BCUT2D eigenvalue weighted by Gasteiger charge is -2.29. The van der Waals surface area contributed by atoms with Gasteiger partial charge in [0.15, 0.2) is 5.11 Å². The molecule has 0 aliphatic carbocycles. The van der Waals surface area contributed by atoms with Crippen LogP contribution in [-0.2, 0) is 0 Å². The van der Waals surface area contributed by atoms with Crippen molar-refractivity contribution in [3.8, 4) is 5.69 Å².